The standard InChI is InChI=1S/C11H16N2.2C9H14O.C7H12O.C7H10O.Al.Li.H/c1-9-3-2-4-10(5-9)6-11-7-12-8-13-11;1-8-3-2-4-9(7-8)5-6-10;1-3-10-9-6-4-5-8(2)7-9;2*1-6-3-2-4-7(8)5-6;;;/h5,7-8,10H,2-4,6H2,1H3,(H,12,13);6-7,9H,2-5H2,1H3;3,7,9H,1,4-6H2,2H3;5,7-8H,2-4H2,1H3;5H,2-4H2,1H3;;;/q;;;;;;+1;-1. The summed E-state index contributed by atoms with van der Waals surface area (Å²) in [4.78, 5) is 27.9. The number of rotatable bonds is 6. The summed E-state index contributed by atoms with van der Waals surface area (Å²) in [6.07, 6.45) is 36.3. The summed E-state index contributed by atoms with van der Waals surface area (Å²) in [5.41, 5.74) is 8.29. The van der Waals surface area contributed by atoms with Gasteiger partial charge in [-0.1, -0.05) is 52.7 Å². The molecule has 1 heterocycles. The summed E-state index contributed by atoms with van der Waals surface area (Å²) in [7, 11) is 0. The smallest absolute Gasteiger partial charge is 1.00 e. The molecule has 5 aliphatic carbocycles. The van der Waals surface area contributed by atoms with Crippen molar-refractivity contribution in [3.05, 3.63) is 89.3 Å². The number of carbonyl (C=O) groups excluding carboxylic acids is 2. The van der Waals surface area contributed by atoms with Crippen LogP contribution in [0.3, 0.4) is 0 Å². The second-order valence-corrected chi connectivity index (χ2v) is 14.5. The number of nitrogens with zero attached hydrogens (tertiary/aromatic N) is 1. The van der Waals surface area contributed by atoms with Crippen molar-refractivity contribution >= 4 is 29.4 Å². The number of aliphatic hydroxyl groups is 1. The molecule has 0 spiro atoms. The average molecular weight is 710 g/mol. The predicted molar refractivity (Wildman–Crippen MR) is 211 cm³/mol. The van der Waals surface area contributed by atoms with Gasteiger partial charge in [-0.3, -0.25) is 4.79 Å². The van der Waals surface area contributed by atoms with Crippen LogP contribution in [-0.2, 0) is 20.7 Å². The molecule has 1 aromatic rings. The van der Waals surface area contributed by atoms with Gasteiger partial charge >= 0.3 is 18.9 Å². The van der Waals surface area contributed by atoms with Crippen molar-refractivity contribution in [2.75, 3.05) is 0 Å². The Morgan fingerprint density at radius 3 is 1.80 bits per heavy atom. The number of allylic oxidation sites excluding steroid dienone is 8. The zero-order valence-corrected chi connectivity index (χ0v) is 34.1. The molecule has 51 heavy (non-hydrogen) atoms. The van der Waals surface area contributed by atoms with Crippen LogP contribution in [0.4, 0.5) is 0 Å². The maximum atomic E-state index is 10.6. The Hall–Kier alpha value is -2.12. The van der Waals surface area contributed by atoms with E-state index in [9.17, 15) is 9.59 Å². The molecule has 4 atom stereocenters. The quantitative estimate of drug-likeness (QED) is 0.138. The molecular weight excluding hydrogens is 642 g/mol. The van der Waals surface area contributed by atoms with Crippen molar-refractivity contribution in [3.63, 3.8) is 0 Å². The molecule has 8 heteroatoms. The van der Waals surface area contributed by atoms with Gasteiger partial charge in [0, 0.05) is 42.1 Å². The van der Waals surface area contributed by atoms with E-state index in [1.54, 1.807) is 18.0 Å². The Bertz CT molecular complexity index is 1250. The molecule has 277 valence electrons. The van der Waals surface area contributed by atoms with E-state index in [1.807, 2.05) is 19.2 Å². The number of hydrogen-bond donors (Lipinski definition) is 2. The number of aliphatic hydroxyl groups excluding tert-OH is 1. The number of ketones is 1. The van der Waals surface area contributed by atoms with Crippen LogP contribution < -0.4 is 18.9 Å². The topological polar surface area (TPSA) is 92.3 Å². The molecule has 2 N–H and O–H groups in total. The van der Waals surface area contributed by atoms with Gasteiger partial charge < -0.3 is 21.0 Å². The van der Waals surface area contributed by atoms with Crippen molar-refractivity contribution in [1.29, 1.82) is 0 Å². The second kappa shape index (κ2) is 29.3. The van der Waals surface area contributed by atoms with Gasteiger partial charge in [-0.15, -0.1) is 0 Å². The number of hydrogen-bond acceptors (Lipinski definition) is 5. The summed E-state index contributed by atoms with van der Waals surface area (Å²) < 4.78 is 5.24. The molecule has 0 fully saturated rings. The van der Waals surface area contributed by atoms with Crippen molar-refractivity contribution < 1.29 is 39.7 Å². The Morgan fingerprint density at radius 2 is 1.35 bits per heavy atom. The second-order valence-electron chi connectivity index (χ2n) is 14.5. The van der Waals surface area contributed by atoms with Gasteiger partial charge in [0.25, 0.3) is 0 Å². The minimum atomic E-state index is -0.149. The van der Waals surface area contributed by atoms with E-state index in [0.717, 1.165) is 63.6 Å². The molecule has 0 aromatic carbocycles. The summed E-state index contributed by atoms with van der Waals surface area (Å²) >= 11 is 0. The largest absolute Gasteiger partial charge is 1.00 e. The predicted octanol–water partition coefficient (Wildman–Crippen LogP) is 7.56. The number of aromatic amines is 1. The van der Waals surface area contributed by atoms with E-state index in [1.165, 1.54) is 92.0 Å². The van der Waals surface area contributed by atoms with E-state index >= 15 is 0 Å². The molecule has 6 nitrogen and oxygen atoms in total. The molecule has 0 aliphatic heterocycles. The summed E-state index contributed by atoms with van der Waals surface area (Å²) in [6.45, 7) is 14.1. The average Bonchev–Trinajstić information content (AvgIpc) is 3.56. The molecule has 0 amide bonds. The van der Waals surface area contributed by atoms with Crippen LogP contribution in [-0.4, -0.2) is 56.7 Å². The number of imidazole rings is 1. The van der Waals surface area contributed by atoms with Gasteiger partial charge in [0.15, 0.2) is 5.78 Å². The number of carbonyl (C=O) groups is 2. The monoisotopic (exact) mass is 710 g/mol. The van der Waals surface area contributed by atoms with E-state index in [2.05, 4.69) is 62.5 Å². The molecule has 1 aromatic heterocycles. The number of nitrogens with one attached hydrogen (secondary N) is 1. The van der Waals surface area contributed by atoms with Gasteiger partial charge in [0.05, 0.1) is 18.7 Å². The number of aldehydes is 1. The first-order chi connectivity index (χ1) is 23.6. The molecule has 0 saturated carbocycles. The first-order valence-electron chi connectivity index (χ1n) is 18.8. The number of ether oxygens (including phenoxy) is 1. The molecule has 4 unspecified atom stereocenters. The minimum absolute atomic E-state index is 0. The summed E-state index contributed by atoms with van der Waals surface area (Å²) in [6, 6.07) is 0. The van der Waals surface area contributed by atoms with E-state index < -0.39 is 0 Å². The Morgan fingerprint density at radius 1 is 0.804 bits per heavy atom. The van der Waals surface area contributed by atoms with Crippen molar-refractivity contribution in [3.8, 4) is 0 Å². The van der Waals surface area contributed by atoms with E-state index in [0.29, 0.717) is 17.8 Å². The van der Waals surface area contributed by atoms with Crippen LogP contribution in [0, 0.1) is 11.8 Å². The normalized spacial score (nSPS) is 23.7. The Labute approximate surface area is 334 Å². The molecule has 6 rings (SSSR count). The van der Waals surface area contributed by atoms with E-state index in [4.69, 9.17) is 9.84 Å². The van der Waals surface area contributed by atoms with Crippen LogP contribution in [0.15, 0.2) is 83.6 Å². The summed E-state index contributed by atoms with van der Waals surface area (Å²) in [5.74, 6) is 1.58. The van der Waals surface area contributed by atoms with Crippen LogP contribution >= 0.6 is 0 Å². The third kappa shape index (κ3) is 23.9. The van der Waals surface area contributed by atoms with Gasteiger partial charge in [0.1, 0.15) is 12.4 Å². The molecule has 3 radical (unpaired) electrons. The SMILES string of the molecule is C=COC1C=C(C)CCC1.CC1=CC(=O)CCC1.CC1=CC(CC=O)CCC1.CC1=CC(Cc2cnc[nH]2)CCC1.CC1=CC(O)CCC1.[Al].[H-].[Li+]. The number of aromatic nitrogens is 2. The fourth-order valence-electron chi connectivity index (χ4n) is 6.92. The van der Waals surface area contributed by atoms with Crippen molar-refractivity contribution in [1.82, 2.24) is 9.97 Å². The van der Waals surface area contributed by atoms with Crippen LogP contribution in [0.2, 0.25) is 0 Å². The van der Waals surface area contributed by atoms with Crippen molar-refractivity contribution in [2.45, 2.75) is 156 Å². The van der Waals surface area contributed by atoms with Gasteiger partial charge in [-0.2, -0.15) is 0 Å². The fourth-order valence-corrected chi connectivity index (χ4v) is 6.92. The van der Waals surface area contributed by atoms with Crippen LogP contribution in [0.1, 0.15) is 144 Å². The minimum Gasteiger partial charge on any atom is -1.00 e. The molecule has 0 bridgehead atoms. The molecule has 0 saturated heterocycles. The van der Waals surface area contributed by atoms with Crippen LogP contribution in [0.5, 0.6) is 0 Å². The third-order valence-electron chi connectivity index (χ3n) is 9.52. The first kappa shape index (κ1) is 48.9. The van der Waals surface area contributed by atoms with Gasteiger partial charge in [0.2, 0.25) is 0 Å². The third-order valence-corrected chi connectivity index (χ3v) is 9.52. The van der Waals surface area contributed by atoms with Gasteiger partial charge in [-0.05, 0) is 155 Å². The van der Waals surface area contributed by atoms with E-state index in [-0.39, 0.29) is 43.8 Å². The summed E-state index contributed by atoms with van der Waals surface area (Å²) in [5, 5.41) is 9.00. The fraction of sp³-hybridized carbons (Fsp3) is 0.605. The Balaban J connectivity index is 0. The Kier molecular flexibility index (Phi) is 28.1. The van der Waals surface area contributed by atoms with Crippen molar-refractivity contribution in [2.24, 2.45) is 11.8 Å². The molecule has 5 aliphatic rings. The van der Waals surface area contributed by atoms with Crippen LogP contribution in [0.25, 0.3) is 0 Å². The van der Waals surface area contributed by atoms with Gasteiger partial charge in [-0.25, -0.2) is 4.98 Å². The number of H-pyrrole nitrogens is 1. The maximum absolute atomic E-state index is 10.6. The first-order valence-corrected chi connectivity index (χ1v) is 18.8. The maximum Gasteiger partial charge on any atom is 1.00 e. The molecular formula is C43H67AlLiN2O4. The zero-order chi connectivity index (χ0) is 35.9. The zero-order valence-electron chi connectivity index (χ0n) is 33.9.